The van der Waals surface area contributed by atoms with E-state index in [0.717, 1.165) is 0 Å². The molecule has 9 nitrogen and oxygen atoms in total. The molecule has 0 aliphatic heterocycles. The first-order valence-corrected chi connectivity index (χ1v) is 5.49. The minimum Gasteiger partial charge on any atom is -0.495 e. The fourth-order valence-electron chi connectivity index (χ4n) is 1.59. The molecule has 0 atom stereocenters. The van der Waals surface area contributed by atoms with Crippen LogP contribution in [0.5, 0.6) is 5.75 Å². The number of carbonyl (C=O) groups excluding carboxylic acids is 1. The molecule has 20 heavy (non-hydrogen) atoms. The molecule has 2 rings (SSSR count). The number of oxime groups is 1. The molecule has 0 aliphatic carbocycles. The summed E-state index contributed by atoms with van der Waals surface area (Å²) < 4.78 is 5.15. The average molecular weight is 276 g/mol. The number of amidine groups is 1. The maximum absolute atomic E-state index is 12.0. The van der Waals surface area contributed by atoms with E-state index in [1.165, 1.54) is 13.3 Å². The van der Waals surface area contributed by atoms with E-state index in [1.807, 2.05) is 0 Å². The average Bonchev–Trinajstić information content (AvgIpc) is 3.01. The number of ether oxygens (including phenoxy) is 1. The Labute approximate surface area is 113 Å². The van der Waals surface area contributed by atoms with Gasteiger partial charge in [0.2, 0.25) is 0 Å². The Balaban J connectivity index is 2.41. The fourth-order valence-corrected chi connectivity index (χ4v) is 1.59. The first-order valence-electron chi connectivity index (χ1n) is 5.49. The van der Waals surface area contributed by atoms with Crippen molar-refractivity contribution in [2.75, 3.05) is 12.4 Å². The van der Waals surface area contributed by atoms with Crippen LogP contribution in [0.3, 0.4) is 0 Å². The number of rotatable bonds is 4. The van der Waals surface area contributed by atoms with Gasteiger partial charge in [-0.2, -0.15) is 15.4 Å². The van der Waals surface area contributed by atoms with Gasteiger partial charge in [-0.1, -0.05) is 11.2 Å². The van der Waals surface area contributed by atoms with Crippen LogP contribution in [0.25, 0.3) is 0 Å². The third-order valence-electron chi connectivity index (χ3n) is 2.52. The van der Waals surface area contributed by atoms with Crippen LogP contribution < -0.4 is 15.8 Å². The van der Waals surface area contributed by atoms with E-state index < -0.39 is 5.91 Å². The molecule has 0 saturated heterocycles. The van der Waals surface area contributed by atoms with Crippen LogP contribution in [-0.4, -0.2) is 39.5 Å². The zero-order valence-corrected chi connectivity index (χ0v) is 10.5. The lowest BCUT2D eigenvalue weighted by molar-refractivity contribution is 0.102. The highest BCUT2D eigenvalue weighted by molar-refractivity contribution is 6.10. The largest absolute Gasteiger partial charge is 0.495 e. The van der Waals surface area contributed by atoms with Crippen LogP contribution in [0.15, 0.2) is 29.6 Å². The molecular weight excluding hydrogens is 264 g/mol. The Morgan fingerprint density at radius 1 is 1.55 bits per heavy atom. The second-order valence-corrected chi connectivity index (χ2v) is 3.68. The van der Waals surface area contributed by atoms with Gasteiger partial charge in [-0.25, -0.2) is 0 Å². The van der Waals surface area contributed by atoms with E-state index in [1.54, 1.807) is 18.2 Å². The van der Waals surface area contributed by atoms with Gasteiger partial charge < -0.3 is 21.0 Å². The van der Waals surface area contributed by atoms with Gasteiger partial charge in [-0.05, 0) is 12.1 Å². The van der Waals surface area contributed by atoms with Crippen molar-refractivity contribution in [3.8, 4) is 5.75 Å². The molecule has 0 radical (unpaired) electrons. The Morgan fingerprint density at radius 2 is 2.35 bits per heavy atom. The van der Waals surface area contributed by atoms with E-state index in [-0.39, 0.29) is 17.2 Å². The van der Waals surface area contributed by atoms with Crippen molar-refractivity contribution >= 4 is 17.4 Å². The number of nitrogens with zero attached hydrogens (tertiary/aromatic N) is 3. The minimum atomic E-state index is -0.504. The summed E-state index contributed by atoms with van der Waals surface area (Å²) in [5.74, 6) is -0.291. The molecule has 0 unspecified atom stereocenters. The Hall–Kier alpha value is -3.10. The highest BCUT2D eigenvalue weighted by Gasteiger charge is 2.17. The summed E-state index contributed by atoms with van der Waals surface area (Å²) in [5.41, 5.74) is 6.27. The number of benzene rings is 1. The summed E-state index contributed by atoms with van der Waals surface area (Å²) in [6.45, 7) is 0. The first-order chi connectivity index (χ1) is 9.67. The van der Waals surface area contributed by atoms with E-state index in [4.69, 9.17) is 15.7 Å². The van der Waals surface area contributed by atoms with Crippen molar-refractivity contribution in [2.24, 2.45) is 10.9 Å². The number of hydrogen-bond acceptors (Lipinski definition) is 6. The van der Waals surface area contributed by atoms with Crippen LogP contribution >= 0.6 is 0 Å². The number of hydrogen-bond donors (Lipinski definition) is 4. The number of nitrogens with two attached hydrogens (primary N) is 1. The smallest absolute Gasteiger partial charge is 0.277 e. The van der Waals surface area contributed by atoms with E-state index in [0.29, 0.717) is 11.3 Å². The van der Waals surface area contributed by atoms with Crippen molar-refractivity contribution < 1.29 is 14.7 Å². The lowest BCUT2D eigenvalue weighted by atomic mass is 10.1. The maximum Gasteiger partial charge on any atom is 0.277 e. The van der Waals surface area contributed by atoms with Crippen LogP contribution in [0.2, 0.25) is 0 Å². The Bertz CT molecular complexity index is 638. The fraction of sp³-hybridized carbons (Fsp3) is 0.0909. The molecule has 0 fully saturated rings. The van der Waals surface area contributed by atoms with Gasteiger partial charge in [0, 0.05) is 5.56 Å². The second-order valence-electron chi connectivity index (χ2n) is 3.68. The molecule has 0 bridgehead atoms. The molecule has 1 aromatic heterocycles. The summed E-state index contributed by atoms with van der Waals surface area (Å²) in [6, 6.07) is 4.86. The highest BCUT2D eigenvalue weighted by Crippen LogP contribution is 2.28. The molecule has 0 saturated carbocycles. The molecule has 9 heteroatoms. The molecule has 2 aromatic rings. The number of aromatic nitrogens is 3. The number of aromatic amines is 1. The van der Waals surface area contributed by atoms with Gasteiger partial charge in [-0.15, -0.1) is 0 Å². The van der Waals surface area contributed by atoms with Gasteiger partial charge in [0.1, 0.15) is 5.75 Å². The topological polar surface area (TPSA) is 139 Å². The van der Waals surface area contributed by atoms with Crippen LogP contribution in [-0.2, 0) is 0 Å². The number of anilines is 1. The van der Waals surface area contributed by atoms with Crippen molar-refractivity contribution in [2.45, 2.75) is 0 Å². The van der Waals surface area contributed by atoms with Gasteiger partial charge in [-0.3, -0.25) is 4.79 Å². The van der Waals surface area contributed by atoms with Crippen molar-refractivity contribution in [3.05, 3.63) is 35.7 Å². The molecule has 5 N–H and O–H groups in total. The van der Waals surface area contributed by atoms with Crippen molar-refractivity contribution in [1.82, 2.24) is 15.4 Å². The minimum absolute atomic E-state index is 0.0985. The predicted molar refractivity (Wildman–Crippen MR) is 69.8 cm³/mol. The van der Waals surface area contributed by atoms with Crippen molar-refractivity contribution in [1.29, 1.82) is 0 Å². The second kappa shape index (κ2) is 5.69. The zero-order chi connectivity index (χ0) is 14.5. The van der Waals surface area contributed by atoms with Gasteiger partial charge >= 0.3 is 0 Å². The van der Waals surface area contributed by atoms with E-state index >= 15 is 0 Å². The van der Waals surface area contributed by atoms with Crippen LogP contribution in [0.4, 0.5) is 5.69 Å². The lowest BCUT2D eigenvalue weighted by Gasteiger charge is -2.13. The maximum atomic E-state index is 12.0. The number of nitrogens with one attached hydrogen (secondary N) is 2. The number of para-hydroxylation sites is 1. The molecular formula is C11H12N6O3. The molecule has 1 aromatic carbocycles. The first kappa shape index (κ1) is 13.3. The normalized spacial score (nSPS) is 11.2. The molecule has 104 valence electrons. The quantitative estimate of drug-likeness (QED) is 0.271. The number of H-pyrrole nitrogens is 1. The number of amides is 1. The number of methoxy groups -OCH3 is 1. The third kappa shape index (κ3) is 2.51. The molecule has 1 amide bonds. The van der Waals surface area contributed by atoms with Crippen LogP contribution in [0, 0.1) is 0 Å². The van der Waals surface area contributed by atoms with E-state index in [2.05, 4.69) is 25.9 Å². The predicted octanol–water partition coefficient (Wildman–Crippen LogP) is 0.160. The monoisotopic (exact) mass is 276 g/mol. The number of carbonyl (C=O) groups is 1. The summed E-state index contributed by atoms with van der Waals surface area (Å²) in [5, 5.41) is 23.8. The van der Waals surface area contributed by atoms with Gasteiger partial charge in [0.05, 0.1) is 19.0 Å². The Kier molecular flexibility index (Phi) is 3.80. The SMILES string of the molecule is COc1cccc(/C(N)=N/O)c1NC(=O)c1cn[nH]n1. The standard InChI is InChI=1S/C11H12N6O3/c1-20-8-4-2-3-6(10(12)16-19)9(8)14-11(18)7-5-13-17-15-7/h2-5,19H,1H3,(H2,12,16)(H,14,18)(H,13,15,17). The third-order valence-corrected chi connectivity index (χ3v) is 2.52. The van der Waals surface area contributed by atoms with Crippen molar-refractivity contribution in [3.63, 3.8) is 0 Å². The lowest BCUT2D eigenvalue weighted by Crippen LogP contribution is -2.20. The summed E-state index contributed by atoms with van der Waals surface area (Å²) in [4.78, 5) is 12.0. The zero-order valence-electron chi connectivity index (χ0n) is 10.5. The van der Waals surface area contributed by atoms with Gasteiger partial charge in [0.25, 0.3) is 5.91 Å². The Morgan fingerprint density at radius 3 is 2.95 bits per heavy atom. The summed E-state index contributed by atoms with van der Waals surface area (Å²) >= 11 is 0. The molecule has 0 spiro atoms. The molecule has 0 aliphatic rings. The van der Waals surface area contributed by atoms with E-state index in [9.17, 15) is 4.79 Å². The van der Waals surface area contributed by atoms with Crippen LogP contribution in [0.1, 0.15) is 16.1 Å². The summed E-state index contributed by atoms with van der Waals surface area (Å²) in [7, 11) is 1.44. The molecule has 1 heterocycles. The summed E-state index contributed by atoms with van der Waals surface area (Å²) in [6.07, 6.45) is 1.27. The highest BCUT2D eigenvalue weighted by atomic mass is 16.5. The van der Waals surface area contributed by atoms with Gasteiger partial charge in [0.15, 0.2) is 11.5 Å².